The van der Waals surface area contributed by atoms with E-state index in [0.717, 1.165) is 0 Å². The van der Waals surface area contributed by atoms with Gasteiger partial charge in [-0.1, -0.05) is 6.07 Å². The summed E-state index contributed by atoms with van der Waals surface area (Å²) in [6.07, 6.45) is 0.177. The molecule has 0 saturated heterocycles. The molecular formula is C12H10F2N4OS. The molecular weight excluding hydrogens is 286 g/mol. The molecule has 0 amide bonds. The van der Waals surface area contributed by atoms with E-state index >= 15 is 0 Å². The van der Waals surface area contributed by atoms with Crippen molar-refractivity contribution in [1.29, 1.82) is 0 Å². The summed E-state index contributed by atoms with van der Waals surface area (Å²) >= 11 is 5.08. The zero-order chi connectivity index (χ0) is 14.3. The van der Waals surface area contributed by atoms with E-state index in [4.69, 9.17) is 12.2 Å². The van der Waals surface area contributed by atoms with Crippen molar-refractivity contribution in [3.05, 3.63) is 39.1 Å². The number of aromatic amines is 1. The number of fused-ring (bicyclic) bond motifs is 3. The average Bonchev–Trinajstić information content (AvgIpc) is 2.81. The quantitative estimate of drug-likeness (QED) is 0.754. The first-order valence-corrected chi connectivity index (χ1v) is 6.40. The van der Waals surface area contributed by atoms with Gasteiger partial charge >= 0.3 is 0 Å². The maximum atomic E-state index is 14.0. The summed E-state index contributed by atoms with van der Waals surface area (Å²) < 4.78 is 29.2. The second kappa shape index (κ2) is 4.78. The number of para-hydroxylation sites is 1. The Morgan fingerprint density at radius 3 is 2.95 bits per heavy atom. The smallest absolute Gasteiger partial charge is 0.262 e. The van der Waals surface area contributed by atoms with Crippen LogP contribution in [0.5, 0.6) is 0 Å². The minimum Gasteiger partial charge on any atom is -0.276 e. The lowest BCUT2D eigenvalue weighted by molar-refractivity contribution is 0.445. The summed E-state index contributed by atoms with van der Waals surface area (Å²) in [5, 5.41) is 6.67. The zero-order valence-electron chi connectivity index (χ0n) is 10.3. The molecule has 0 aliphatic heterocycles. The van der Waals surface area contributed by atoms with Gasteiger partial charge in [-0.15, -0.1) is 5.10 Å². The largest absolute Gasteiger partial charge is 0.276 e. The van der Waals surface area contributed by atoms with Crippen LogP contribution in [0.3, 0.4) is 0 Å². The van der Waals surface area contributed by atoms with Crippen LogP contribution in [-0.4, -0.2) is 25.8 Å². The molecule has 0 unspecified atom stereocenters. The van der Waals surface area contributed by atoms with Crippen molar-refractivity contribution >= 4 is 28.9 Å². The van der Waals surface area contributed by atoms with Gasteiger partial charge in [0.2, 0.25) is 10.5 Å². The summed E-state index contributed by atoms with van der Waals surface area (Å²) in [5.74, 6) is -0.370. The summed E-state index contributed by atoms with van der Waals surface area (Å²) in [4.78, 5) is 12.4. The van der Waals surface area contributed by atoms with Gasteiger partial charge in [0, 0.05) is 6.54 Å². The Bertz CT molecular complexity index is 911. The number of benzene rings is 1. The molecule has 0 atom stereocenters. The van der Waals surface area contributed by atoms with Crippen LogP contribution in [0.15, 0.2) is 23.0 Å². The minimum absolute atomic E-state index is 0.0859. The van der Waals surface area contributed by atoms with E-state index < -0.39 is 18.1 Å². The fourth-order valence-electron chi connectivity index (χ4n) is 2.24. The highest BCUT2D eigenvalue weighted by molar-refractivity contribution is 7.71. The van der Waals surface area contributed by atoms with Gasteiger partial charge in [0.1, 0.15) is 5.82 Å². The monoisotopic (exact) mass is 296 g/mol. The molecule has 0 fully saturated rings. The third-order valence-electron chi connectivity index (χ3n) is 3.10. The van der Waals surface area contributed by atoms with Gasteiger partial charge in [0.15, 0.2) is 0 Å². The van der Waals surface area contributed by atoms with E-state index in [9.17, 15) is 13.6 Å². The fraction of sp³-hybridized carbons (Fsp3) is 0.250. The Morgan fingerprint density at radius 1 is 1.40 bits per heavy atom. The number of alkyl halides is 1. The number of hydrogen-bond donors (Lipinski definition) is 1. The molecule has 20 heavy (non-hydrogen) atoms. The molecule has 8 heteroatoms. The van der Waals surface area contributed by atoms with Crippen molar-refractivity contribution in [2.45, 2.75) is 13.0 Å². The Balaban J connectivity index is 2.54. The summed E-state index contributed by atoms with van der Waals surface area (Å²) in [5.41, 5.74) is -0.322. The molecule has 5 nitrogen and oxygen atoms in total. The first-order chi connectivity index (χ1) is 9.65. The Kier molecular flexibility index (Phi) is 3.09. The van der Waals surface area contributed by atoms with Crippen LogP contribution in [0, 0.1) is 10.6 Å². The SMILES string of the molecule is O=c1c2cccc(F)c2n2c(=S)[nH]nc2n1CCCF. The Morgan fingerprint density at radius 2 is 2.20 bits per heavy atom. The number of rotatable bonds is 3. The first kappa shape index (κ1) is 12.9. The third-order valence-corrected chi connectivity index (χ3v) is 3.37. The number of hydrogen-bond acceptors (Lipinski definition) is 3. The second-order valence-corrected chi connectivity index (χ2v) is 4.69. The Labute approximate surface area is 116 Å². The normalized spacial score (nSPS) is 11.5. The topological polar surface area (TPSA) is 55.1 Å². The van der Waals surface area contributed by atoms with Crippen LogP contribution in [0.25, 0.3) is 16.7 Å². The van der Waals surface area contributed by atoms with E-state index in [1.165, 1.54) is 27.2 Å². The first-order valence-electron chi connectivity index (χ1n) is 5.99. The predicted octanol–water partition coefficient (Wildman–Crippen LogP) is 2.21. The molecule has 2 aromatic heterocycles. The summed E-state index contributed by atoms with van der Waals surface area (Å²) in [7, 11) is 0. The van der Waals surface area contributed by atoms with Crippen LogP contribution < -0.4 is 5.56 Å². The summed E-state index contributed by atoms with van der Waals surface area (Å²) in [6.45, 7) is -0.393. The van der Waals surface area contributed by atoms with Gasteiger partial charge in [-0.05, 0) is 30.8 Å². The fourth-order valence-corrected chi connectivity index (χ4v) is 2.46. The zero-order valence-corrected chi connectivity index (χ0v) is 11.1. The molecule has 1 aromatic carbocycles. The van der Waals surface area contributed by atoms with Gasteiger partial charge in [-0.3, -0.25) is 18.2 Å². The van der Waals surface area contributed by atoms with Crippen molar-refractivity contribution in [2.75, 3.05) is 6.67 Å². The van der Waals surface area contributed by atoms with Crippen LogP contribution in [0.4, 0.5) is 8.78 Å². The molecule has 0 aliphatic carbocycles. The molecule has 0 aliphatic rings. The van der Waals surface area contributed by atoms with Gasteiger partial charge in [-0.2, -0.15) is 0 Å². The van der Waals surface area contributed by atoms with Gasteiger partial charge in [-0.25, -0.2) is 9.49 Å². The molecule has 3 aromatic rings. The third kappa shape index (κ3) is 1.75. The number of aromatic nitrogens is 4. The average molecular weight is 296 g/mol. The standard InChI is InChI=1S/C12H10F2N4OS/c13-5-2-6-17-10(19)7-3-1-4-8(14)9(7)18-11(17)15-16-12(18)20/h1,3-4H,2,5-6H2,(H,16,20). The van der Waals surface area contributed by atoms with E-state index in [1.54, 1.807) is 0 Å². The maximum absolute atomic E-state index is 14.0. The highest BCUT2D eigenvalue weighted by Gasteiger charge is 2.15. The highest BCUT2D eigenvalue weighted by Crippen LogP contribution is 2.16. The van der Waals surface area contributed by atoms with Gasteiger partial charge < -0.3 is 0 Å². The van der Waals surface area contributed by atoms with Crippen molar-refractivity contribution < 1.29 is 8.78 Å². The van der Waals surface area contributed by atoms with Gasteiger partial charge in [0.05, 0.1) is 17.6 Å². The van der Waals surface area contributed by atoms with Crippen LogP contribution in [0.1, 0.15) is 6.42 Å². The molecule has 104 valence electrons. The lowest BCUT2D eigenvalue weighted by Gasteiger charge is -2.09. The lowest BCUT2D eigenvalue weighted by atomic mass is 10.2. The number of aryl methyl sites for hydroxylation is 1. The van der Waals surface area contributed by atoms with E-state index in [-0.39, 0.29) is 34.4 Å². The second-order valence-electron chi connectivity index (χ2n) is 4.30. The van der Waals surface area contributed by atoms with E-state index in [0.29, 0.717) is 0 Å². The van der Waals surface area contributed by atoms with Crippen molar-refractivity contribution in [1.82, 2.24) is 19.2 Å². The lowest BCUT2D eigenvalue weighted by Crippen LogP contribution is -2.24. The predicted molar refractivity (Wildman–Crippen MR) is 72.7 cm³/mol. The number of halogens is 2. The molecule has 0 spiro atoms. The highest BCUT2D eigenvalue weighted by atomic mass is 32.1. The summed E-state index contributed by atoms with van der Waals surface area (Å²) in [6, 6.07) is 4.22. The number of nitrogens with one attached hydrogen (secondary N) is 1. The minimum atomic E-state index is -0.556. The van der Waals surface area contributed by atoms with E-state index in [1.807, 2.05) is 0 Å². The number of H-pyrrole nitrogens is 1. The molecule has 0 saturated carbocycles. The van der Waals surface area contributed by atoms with Crippen LogP contribution in [-0.2, 0) is 6.54 Å². The number of nitrogens with zero attached hydrogens (tertiary/aromatic N) is 3. The molecule has 2 heterocycles. The van der Waals surface area contributed by atoms with Crippen LogP contribution in [0.2, 0.25) is 0 Å². The van der Waals surface area contributed by atoms with E-state index in [2.05, 4.69) is 10.2 Å². The molecule has 0 bridgehead atoms. The Hall–Kier alpha value is -2.09. The molecule has 1 N–H and O–H groups in total. The maximum Gasteiger partial charge on any atom is 0.262 e. The van der Waals surface area contributed by atoms with Crippen LogP contribution >= 0.6 is 12.2 Å². The van der Waals surface area contributed by atoms with Gasteiger partial charge in [0.25, 0.3) is 5.56 Å². The van der Waals surface area contributed by atoms with Crippen molar-refractivity contribution in [2.24, 2.45) is 0 Å². The molecule has 0 radical (unpaired) electrons. The molecule has 3 rings (SSSR count). The van der Waals surface area contributed by atoms with Crippen molar-refractivity contribution in [3.63, 3.8) is 0 Å². The van der Waals surface area contributed by atoms with Crippen molar-refractivity contribution in [3.8, 4) is 0 Å².